The van der Waals surface area contributed by atoms with Crippen LogP contribution < -0.4 is 29.6 Å². The summed E-state index contributed by atoms with van der Waals surface area (Å²) in [4.78, 5) is 0. The minimum atomic E-state index is 0. The van der Waals surface area contributed by atoms with Crippen LogP contribution in [-0.2, 0) is 40.1 Å². The second-order valence-corrected chi connectivity index (χ2v) is 1.32. The SMILES string of the molecule is C1CCOC1.[C-]#[O+].[C-]#[O+].[C-]#[O+].[C-]#[O+].[Co].[Na+]. The fourth-order valence-corrected chi connectivity index (χ4v) is 0.510. The van der Waals surface area contributed by atoms with E-state index in [2.05, 4.69) is 26.6 Å². The predicted octanol–water partition coefficient (Wildman–Crippen LogP) is -2.35. The van der Waals surface area contributed by atoms with Gasteiger partial charge in [-0.3, -0.25) is 0 Å². The van der Waals surface area contributed by atoms with Gasteiger partial charge >= 0.3 is 74.8 Å². The summed E-state index contributed by atoms with van der Waals surface area (Å²) in [6.45, 7) is 20.0. The van der Waals surface area contributed by atoms with E-state index < -0.39 is 0 Å². The van der Waals surface area contributed by atoms with Crippen LogP contribution in [0.1, 0.15) is 12.8 Å². The zero-order valence-electron chi connectivity index (χ0n) is 8.20. The van der Waals surface area contributed by atoms with Crippen molar-refractivity contribution in [2.24, 2.45) is 0 Å². The zero-order valence-corrected chi connectivity index (χ0v) is 11.2. The molecule has 1 rings (SSSR count). The molecule has 1 saturated heterocycles. The molecule has 1 aliphatic rings. The molecular formula is C8H8CoNaO5+. The number of hydrogen-bond donors (Lipinski definition) is 0. The van der Waals surface area contributed by atoms with Crippen LogP contribution in [0.15, 0.2) is 0 Å². The van der Waals surface area contributed by atoms with Crippen LogP contribution in [0.5, 0.6) is 0 Å². The predicted molar refractivity (Wildman–Crippen MR) is 35.8 cm³/mol. The first-order chi connectivity index (χ1) is 6.50. The second kappa shape index (κ2) is 88.3. The van der Waals surface area contributed by atoms with Gasteiger partial charge in [-0.15, -0.1) is 0 Å². The number of ether oxygens (including phenoxy) is 1. The van der Waals surface area contributed by atoms with Gasteiger partial charge in [0.25, 0.3) is 0 Å². The molecule has 1 heterocycles. The number of rotatable bonds is 0. The second-order valence-electron chi connectivity index (χ2n) is 1.32. The Kier molecular flexibility index (Phi) is 213. The van der Waals surface area contributed by atoms with Crippen molar-refractivity contribution in [1.29, 1.82) is 0 Å². The van der Waals surface area contributed by atoms with Crippen molar-refractivity contribution >= 4 is 0 Å². The monoisotopic (exact) mass is 266 g/mol. The Morgan fingerprint density at radius 3 is 0.933 bits per heavy atom. The molecule has 79 valence electrons. The van der Waals surface area contributed by atoms with Crippen molar-refractivity contribution in [3.8, 4) is 0 Å². The van der Waals surface area contributed by atoms with E-state index in [9.17, 15) is 0 Å². The third-order valence-corrected chi connectivity index (χ3v) is 0.827. The van der Waals surface area contributed by atoms with Crippen LogP contribution in [0.2, 0.25) is 0 Å². The zero-order chi connectivity index (χ0) is 11.5. The molecule has 0 unspecified atom stereocenters. The van der Waals surface area contributed by atoms with Gasteiger partial charge in [0.1, 0.15) is 0 Å². The first-order valence-corrected chi connectivity index (χ1v) is 2.89. The van der Waals surface area contributed by atoms with Crippen molar-refractivity contribution in [2.45, 2.75) is 12.8 Å². The molecule has 15 heavy (non-hydrogen) atoms. The maximum Gasteiger partial charge on any atom is 1.00 e. The van der Waals surface area contributed by atoms with Crippen molar-refractivity contribution in [2.75, 3.05) is 13.2 Å². The first-order valence-electron chi connectivity index (χ1n) is 2.89. The Morgan fingerprint density at radius 2 is 0.867 bits per heavy atom. The molecule has 0 spiro atoms. The van der Waals surface area contributed by atoms with Crippen molar-refractivity contribution in [1.82, 2.24) is 0 Å². The maximum absolute atomic E-state index is 7.50. The average Bonchev–Trinajstić information content (AvgIpc) is 2.87. The molecule has 1 aliphatic heterocycles. The van der Waals surface area contributed by atoms with Crippen LogP contribution in [-0.4, -0.2) is 13.2 Å². The molecule has 0 atom stereocenters. The summed E-state index contributed by atoms with van der Waals surface area (Å²) in [7, 11) is 0. The molecule has 0 aliphatic carbocycles. The van der Waals surface area contributed by atoms with E-state index in [-0.39, 0.29) is 46.3 Å². The topological polar surface area (TPSA) is 88.8 Å². The summed E-state index contributed by atoms with van der Waals surface area (Å²) in [6, 6.07) is 0. The minimum absolute atomic E-state index is 0. The van der Waals surface area contributed by atoms with Gasteiger partial charge in [-0.2, -0.15) is 0 Å². The van der Waals surface area contributed by atoms with Crippen LogP contribution in [0, 0.1) is 26.6 Å². The van der Waals surface area contributed by atoms with Gasteiger partial charge < -0.3 is 4.74 Å². The Hall–Kier alpha value is 0.426. The molecule has 0 bridgehead atoms. The smallest absolute Gasteiger partial charge is 0 e. The minimum Gasteiger partial charge on any atom is 0 e. The van der Waals surface area contributed by atoms with Crippen LogP contribution >= 0.6 is 0 Å². The molecular weight excluding hydrogens is 258 g/mol. The normalized spacial score (nSPS) is 8.53. The third-order valence-electron chi connectivity index (χ3n) is 0.827. The summed E-state index contributed by atoms with van der Waals surface area (Å²) < 4.78 is 34.9. The van der Waals surface area contributed by atoms with Crippen molar-refractivity contribution < 1.29 is 69.7 Å². The van der Waals surface area contributed by atoms with Crippen LogP contribution in [0.3, 0.4) is 0 Å². The molecule has 1 fully saturated rings. The van der Waals surface area contributed by atoms with E-state index in [0.717, 1.165) is 13.2 Å². The Morgan fingerprint density at radius 1 is 0.667 bits per heavy atom. The summed E-state index contributed by atoms with van der Waals surface area (Å²) in [6.07, 6.45) is 2.56. The summed E-state index contributed by atoms with van der Waals surface area (Å²) in [5, 5.41) is 0. The quantitative estimate of drug-likeness (QED) is 0.274. The first kappa shape index (κ1) is 36.1. The van der Waals surface area contributed by atoms with Crippen molar-refractivity contribution in [3.05, 3.63) is 26.6 Å². The summed E-state index contributed by atoms with van der Waals surface area (Å²) in [5.74, 6) is 0. The summed E-state index contributed by atoms with van der Waals surface area (Å²) in [5.41, 5.74) is 0. The van der Waals surface area contributed by atoms with E-state index in [1.807, 2.05) is 0 Å². The Bertz CT molecular complexity index is 107. The number of hydrogen-bond acceptors (Lipinski definition) is 1. The molecule has 0 amide bonds. The van der Waals surface area contributed by atoms with Gasteiger partial charge in [0, 0.05) is 30.0 Å². The molecule has 7 heteroatoms. The fraction of sp³-hybridized carbons (Fsp3) is 0.500. The van der Waals surface area contributed by atoms with Gasteiger partial charge in [-0.25, -0.2) is 0 Å². The summed E-state index contributed by atoms with van der Waals surface area (Å²) >= 11 is 0. The van der Waals surface area contributed by atoms with E-state index >= 15 is 0 Å². The van der Waals surface area contributed by atoms with E-state index in [0.29, 0.717) is 0 Å². The van der Waals surface area contributed by atoms with Gasteiger partial charge in [0.2, 0.25) is 0 Å². The van der Waals surface area contributed by atoms with E-state index in [1.54, 1.807) is 0 Å². The maximum atomic E-state index is 7.50. The fourth-order valence-electron chi connectivity index (χ4n) is 0.510. The van der Waals surface area contributed by atoms with E-state index in [4.69, 9.17) is 23.3 Å². The van der Waals surface area contributed by atoms with Crippen molar-refractivity contribution in [3.63, 3.8) is 0 Å². The Balaban J connectivity index is -0.0000000182. The average molecular weight is 266 g/mol. The molecule has 0 aromatic rings. The van der Waals surface area contributed by atoms with Crippen LogP contribution in [0.25, 0.3) is 0 Å². The molecule has 0 N–H and O–H groups in total. The van der Waals surface area contributed by atoms with Gasteiger partial charge in [0.15, 0.2) is 0 Å². The molecule has 0 aromatic carbocycles. The van der Waals surface area contributed by atoms with E-state index in [1.165, 1.54) is 12.8 Å². The van der Waals surface area contributed by atoms with Gasteiger partial charge in [0.05, 0.1) is 0 Å². The molecule has 0 saturated carbocycles. The standard InChI is InChI=1S/C4H8O.4CO.Co.Na/c1-2-4-5-3-1;4*1-2;;/h1-4H2;;;;;;/q;;;;;;+1. The molecule has 0 aromatic heterocycles. The van der Waals surface area contributed by atoms with Gasteiger partial charge in [-0.1, -0.05) is 0 Å². The van der Waals surface area contributed by atoms with Gasteiger partial charge in [-0.05, 0) is 12.8 Å². The molecule has 1 radical (unpaired) electrons. The largest absolute Gasteiger partial charge is 1.00 e. The van der Waals surface area contributed by atoms with Crippen LogP contribution in [0.4, 0.5) is 0 Å². The third kappa shape index (κ3) is 75.7. The Labute approximate surface area is 122 Å². The molecule has 5 nitrogen and oxygen atoms in total.